The molecule has 0 saturated heterocycles. The first-order chi connectivity index (χ1) is 9.92. The number of hydrogen-bond acceptors (Lipinski definition) is 6. The average molecular weight is 289 g/mol. The molecular weight excluding hydrogens is 270 g/mol. The van der Waals surface area contributed by atoms with Crippen LogP contribution in [0.3, 0.4) is 0 Å². The van der Waals surface area contributed by atoms with Crippen LogP contribution in [0.25, 0.3) is 0 Å². The van der Waals surface area contributed by atoms with Crippen molar-refractivity contribution in [2.24, 2.45) is 0 Å². The highest BCUT2D eigenvalue weighted by molar-refractivity contribution is 5.32. The van der Waals surface area contributed by atoms with Crippen LogP contribution < -0.4 is 14.2 Å². The first-order valence-corrected chi connectivity index (χ1v) is 6.55. The van der Waals surface area contributed by atoms with Crippen molar-refractivity contribution in [1.82, 2.24) is 15.0 Å². The summed E-state index contributed by atoms with van der Waals surface area (Å²) in [6, 6.07) is 8.20. The van der Waals surface area contributed by atoms with Gasteiger partial charge in [-0.2, -0.15) is 0 Å². The van der Waals surface area contributed by atoms with Gasteiger partial charge in [0.15, 0.2) is 0 Å². The van der Waals surface area contributed by atoms with Gasteiger partial charge >= 0.3 is 18.0 Å². The highest BCUT2D eigenvalue weighted by Crippen LogP contribution is 2.26. The number of rotatable bonds is 4. The number of nitrogens with zero attached hydrogens (tertiary/aromatic N) is 3. The number of aromatic nitrogens is 3. The maximum atomic E-state index is 5.61. The first-order valence-electron chi connectivity index (χ1n) is 6.55. The predicted molar refractivity (Wildman–Crippen MR) is 78.1 cm³/mol. The van der Waals surface area contributed by atoms with Crippen LogP contribution in [0.2, 0.25) is 0 Å². The van der Waals surface area contributed by atoms with E-state index in [4.69, 9.17) is 14.2 Å². The topological polar surface area (TPSA) is 66.4 Å². The molecule has 0 aliphatic rings. The molecule has 21 heavy (non-hydrogen) atoms. The Morgan fingerprint density at radius 1 is 0.762 bits per heavy atom. The summed E-state index contributed by atoms with van der Waals surface area (Å²) in [6.45, 7) is 6.47. The fourth-order valence-electron chi connectivity index (χ4n) is 1.68. The third-order valence-electron chi connectivity index (χ3n) is 2.87. The van der Waals surface area contributed by atoms with E-state index in [2.05, 4.69) is 35.7 Å². The van der Waals surface area contributed by atoms with Crippen molar-refractivity contribution in [2.45, 2.75) is 26.2 Å². The number of ether oxygens (including phenoxy) is 3. The normalized spacial score (nSPS) is 11.1. The van der Waals surface area contributed by atoms with Gasteiger partial charge in [0.1, 0.15) is 5.75 Å². The zero-order valence-corrected chi connectivity index (χ0v) is 12.9. The summed E-state index contributed by atoms with van der Waals surface area (Å²) in [6.07, 6.45) is 0. The molecule has 0 aliphatic heterocycles. The van der Waals surface area contributed by atoms with Crippen LogP contribution in [0.15, 0.2) is 24.3 Å². The molecule has 1 aromatic heterocycles. The Labute approximate surface area is 124 Å². The Morgan fingerprint density at radius 3 is 1.67 bits per heavy atom. The van der Waals surface area contributed by atoms with Crippen LogP contribution in [0.5, 0.6) is 23.8 Å². The van der Waals surface area contributed by atoms with E-state index in [0.717, 1.165) is 0 Å². The molecule has 1 aromatic carbocycles. The summed E-state index contributed by atoms with van der Waals surface area (Å²) in [7, 11) is 2.94. The minimum atomic E-state index is 0.0954. The predicted octanol–water partition coefficient (Wildman–Crippen LogP) is 2.98. The molecule has 0 spiro atoms. The fourth-order valence-corrected chi connectivity index (χ4v) is 1.68. The van der Waals surface area contributed by atoms with Crippen molar-refractivity contribution in [3.63, 3.8) is 0 Å². The van der Waals surface area contributed by atoms with Gasteiger partial charge in [0.25, 0.3) is 0 Å². The van der Waals surface area contributed by atoms with Gasteiger partial charge in [0.05, 0.1) is 14.2 Å². The SMILES string of the molecule is COc1nc(OC)nc(Oc2ccc(C(C)(C)C)cc2)n1. The maximum Gasteiger partial charge on any atom is 0.331 e. The van der Waals surface area contributed by atoms with Gasteiger partial charge in [-0.1, -0.05) is 32.9 Å². The fraction of sp³-hybridized carbons (Fsp3) is 0.400. The standard InChI is InChI=1S/C15H19N3O3/c1-15(2,3)10-6-8-11(9-7-10)21-14-17-12(19-4)16-13(18-14)20-5/h6-9H,1-5H3. The molecule has 0 amide bonds. The third-order valence-corrected chi connectivity index (χ3v) is 2.87. The Balaban J connectivity index is 2.22. The van der Waals surface area contributed by atoms with E-state index in [1.54, 1.807) is 0 Å². The summed E-state index contributed by atoms with van der Waals surface area (Å²) in [5.74, 6) is 0.637. The van der Waals surface area contributed by atoms with E-state index < -0.39 is 0 Å². The smallest absolute Gasteiger partial charge is 0.331 e. The molecule has 1 heterocycles. The molecule has 2 aromatic rings. The number of benzene rings is 1. The molecule has 0 bridgehead atoms. The van der Waals surface area contributed by atoms with Crippen LogP contribution in [0.1, 0.15) is 26.3 Å². The zero-order chi connectivity index (χ0) is 15.5. The molecule has 6 nitrogen and oxygen atoms in total. The first kappa shape index (κ1) is 15.0. The van der Waals surface area contributed by atoms with Crippen molar-refractivity contribution in [1.29, 1.82) is 0 Å². The third kappa shape index (κ3) is 3.81. The molecule has 0 fully saturated rings. The van der Waals surface area contributed by atoms with Crippen LogP contribution in [0, 0.1) is 0 Å². The van der Waals surface area contributed by atoms with E-state index in [1.165, 1.54) is 19.8 Å². The van der Waals surface area contributed by atoms with Crippen LogP contribution >= 0.6 is 0 Å². The second-order valence-electron chi connectivity index (χ2n) is 5.47. The molecule has 112 valence electrons. The molecule has 0 unspecified atom stereocenters. The lowest BCUT2D eigenvalue weighted by molar-refractivity contribution is 0.320. The number of methoxy groups -OCH3 is 2. The van der Waals surface area contributed by atoms with E-state index in [-0.39, 0.29) is 23.4 Å². The van der Waals surface area contributed by atoms with Gasteiger partial charge in [-0.3, -0.25) is 0 Å². The molecule has 0 aliphatic carbocycles. The van der Waals surface area contributed by atoms with E-state index >= 15 is 0 Å². The highest BCUT2D eigenvalue weighted by Gasteiger charge is 2.14. The molecular formula is C15H19N3O3. The van der Waals surface area contributed by atoms with Crippen LogP contribution in [-0.2, 0) is 5.41 Å². The Kier molecular flexibility index (Phi) is 4.26. The largest absolute Gasteiger partial charge is 0.467 e. The van der Waals surface area contributed by atoms with Gasteiger partial charge in [-0.05, 0) is 23.1 Å². The zero-order valence-electron chi connectivity index (χ0n) is 12.9. The van der Waals surface area contributed by atoms with Crippen LogP contribution in [0.4, 0.5) is 0 Å². The van der Waals surface area contributed by atoms with Gasteiger partial charge in [-0.25, -0.2) is 0 Å². The van der Waals surface area contributed by atoms with Crippen molar-refractivity contribution in [3.05, 3.63) is 29.8 Å². The minimum Gasteiger partial charge on any atom is -0.467 e. The summed E-state index contributed by atoms with van der Waals surface area (Å²) in [5.41, 5.74) is 1.32. The van der Waals surface area contributed by atoms with Crippen molar-refractivity contribution in [2.75, 3.05) is 14.2 Å². The molecule has 2 rings (SSSR count). The Morgan fingerprint density at radius 2 is 1.24 bits per heavy atom. The molecule has 0 N–H and O–H groups in total. The van der Waals surface area contributed by atoms with Crippen molar-refractivity contribution >= 4 is 0 Å². The van der Waals surface area contributed by atoms with Crippen molar-refractivity contribution in [3.8, 4) is 23.8 Å². The van der Waals surface area contributed by atoms with Gasteiger partial charge < -0.3 is 14.2 Å². The average Bonchev–Trinajstić information content (AvgIpc) is 2.46. The Bertz CT molecular complexity index is 584. The van der Waals surface area contributed by atoms with E-state index in [0.29, 0.717) is 5.75 Å². The monoisotopic (exact) mass is 289 g/mol. The minimum absolute atomic E-state index is 0.0954. The Hall–Kier alpha value is -2.37. The lowest BCUT2D eigenvalue weighted by Gasteiger charge is -2.18. The molecule has 6 heteroatoms. The molecule has 0 atom stereocenters. The molecule has 0 radical (unpaired) electrons. The summed E-state index contributed by atoms with van der Waals surface area (Å²) in [5, 5.41) is 0. The van der Waals surface area contributed by atoms with Gasteiger partial charge in [0, 0.05) is 0 Å². The van der Waals surface area contributed by atoms with E-state index in [1.807, 2.05) is 24.3 Å². The maximum absolute atomic E-state index is 5.61. The van der Waals surface area contributed by atoms with E-state index in [9.17, 15) is 0 Å². The van der Waals surface area contributed by atoms with Crippen molar-refractivity contribution < 1.29 is 14.2 Å². The quantitative estimate of drug-likeness (QED) is 0.862. The van der Waals surface area contributed by atoms with Gasteiger partial charge in [0.2, 0.25) is 0 Å². The summed E-state index contributed by atoms with van der Waals surface area (Å²) < 4.78 is 15.6. The second-order valence-corrected chi connectivity index (χ2v) is 5.47. The number of hydrogen-bond donors (Lipinski definition) is 0. The summed E-state index contributed by atoms with van der Waals surface area (Å²) in [4.78, 5) is 12.0. The summed E-state index contributed by atoms with van der Waals surface area (Å²) >= 11 is 0. The lowest BCUT2D eigenvalue weighted by Crippen LogP contribution is -2.10. The van der Waals surface area contributed by atoms with Gasteiger partial charge in [-0.15, -0.1) is 15.0 Å². The molecule has 0 saturated carbocycles. The lowest BCUT2D eigenvalue weighted by atomic mass is 9.87. The second kappa shape index (κ2) is 5.95. The highest BCUT2D eigenvalue weighted by atomic mass is 16.5. The van der Waals surface area contributed by atoms with Crippen LogP contribution in [-0.4, -0.2) is 29.2 Å².